The molecule has 0 saturated carbocycles. The monoisotopic (exact) mass is 254 g/mol. The minimum atomic E-state index is -0.242. The summed E-state index contributed by atoms with van der Waals surface area (Å²) in [7, 11) is 0. The molecule has 0 aliphatic rings. The maximum atomic E-state index is 11.9. The fraction of sp³-hybridized carbons (Fsp3) is 0.250. The van der Waals surface area contributed by atoms with Crippen molar-refractivity contribution in [2.24, 2.45) is 5.10 Å². The van der Waals surface area contributed by atoms with Gasteiger partial charge in [-0.25, -0.2) is 0 Å². The van der Waals surface area contributed by atoms with Gasteiger partial charge in [0.25, 0.3) is 0 Å². The third-order valence-corrected chi connectivity index (χ3v) is 2.91. The van der Waals surface area contributed by atoms with Crippen LogP contribution < -0.4 is 9.78 Å². The highest BCUT2D eigenvalue weighted by Gasteiger charge is 2.14. The lowest BCUT2D eigenvalue weighted by Crippen LogP contribution is -2.33. The van der Waals surface area contributed by atoms with Crippen molar-refractivity contribution in [3.8, 4) is 0 Å². The lowest BCUT2D eigenvalue weighted by molar-refractivity contribution is -0.681. The van der Waals surface area contributed by atoms with Gasteiger partial charge in [-0.15, -0.1) is 0 Å². The third kappa shape index (κ3) is 3.41. The first-order chi connectivity index (χ1) is 8.97. The Labute approximate surface area is 113 Å². The quantitative estimate of drug-likeness (QED) is 0.458. The highest BCUT2D eigenvalue weighted by atomic mass is 16.3. The molecule has 0 radical (unpaired) electrons. The van der Waals surface area contributed by atoms with Gasteiger partial charge in [-0.3, -0.25) is 0 Å². The van der Waals surface area contributed by atoms with Gasteiger partial charge in [-0.2, -0.15) is 0 Å². The van der Waals surface area contributed by atoms with Crippen molar-refractivity contribution in [3.05, 3.63) is 66.0 Å². The normalized spacial score (nSPS) is 12.5. The van der Waals surface area contributed by atoms with Gasteiger partial charge in [-0.05, 0) is 21.6 Å². The predicted octanol–water partition coefficient (Wildman–Crippen LogP) is 1.84. The molecule has 1 aromatic carbocycles. The zero-order valence-electron chi connectivity index (χ0n) is 11.5. The second-order valence-corrected chi connectivity index (χ2v) is 5.49. The van der Waals surface area contributed by atoms with Gasteiger partial charge >= 0.3 is 0 Å². The standard InChI is InChI=1S/C16H18N2O/c1-16(2,3)14-9-11-18(12-10-14)17-15(19)13-7-5-4-6-8-13/h4-12H,1-3H3. The number of pyridine rings is 1. The Balaban J connectivity index is 2.24. The molecule has 19 heavy (non-hydrogen) atoms. The Morgan fingerprint density at radius 2 is 1.58 bits per heavy atom. The molecule has 0 bridgehead atoms. The van der Waals surface area contributed by atoms with E-state index in [1.54, 1.807) is 29.2 Å². The van der Waals surface area contributed by atoms with Gasteiger partial charge in [-0.1, -0.05) is 55.8 Å². The number of rotatable bonds is 2. The number of aromatic nitrogens is 1. The highest BCUT2D eigenvalue weighted by Crippen LogP contribution is 2.20. The lowest BCUT2D eigenvalue weighted by Gasteiger charge is -2.17. The smallest absolute Gasteiger partial charge is 0.202 e. The first kappa shape index (κ1) is 13.3. The second kappa shape index (κ2) is 5.22. The Hall–Kier alpha value is -2.16. The molecule has 1 heterocycles. The minimum absolute atomic E-state index is 0.0997. The van der Waals surface area contributed by atoms with Crippen molar-refractivity contribution in [1.82, 2.24) is 0 Å². The Morgan fingerprint density at radius 3 is 2.11 bits per heavy atom. The van der Waals surface area contributed by atoms with Crippen LogP contribution in [0.5, 0.6) is 0 Å². The number of benzene rings is 1. The molecule has 0 fully saturated rings. The number of nitrogens with zero attached hydrogens (tertiary/aromatic N) is 2. The average Bonchev–Trinajstić information content (AvgIpc) is 2.39. The van der Waals surface area contributed by atoms with Crippen LogP contribution in [0.2, 0.25) is 0 Å². The molecular formula is C16H18N2O. The van der Waals surface area contributed by atoms with E-state index in [0.717, 1.165) is 0 Å². The SMILES string of the molecule is CC(C)(C)c1cc[n+](/N=C(\[O-])c2ccccc2)cc1. The maximum Gasteiger partial charge on any atom is 0.202 e. The minimum Gasteiger partial charge on any atom is -0.854 e. The van der Waals surface area contributed by atoms with E-state index in [0.29, 0.717) is 5.56 Å². The fourth-order valence-electron chi connectivity index (χ4n) is 1.73. The average molecular weight is 254 g/mol. The van der Waals surface area contributed by atoms with Crippen LogP contribution in [0.3, 0.4) is 0 Å². The van der Waals surface area contributed by atoms with Crippen molar-refractivity contribution in [2.45, 2.75) is 26.2 Å². The summed E-state index contributed by atoms with van der Waals surface area (Å²) < 4.78 is 1.55. The third-order valence-electron chi connectivity index (χ3n) is 2.91. The van der Waals surface area contributed by atoms with E-state index in [1.807, 2.05) is 30.3 Å². The fourth-order valence-corrected chi connectivity index (χ4v) is 1.73. The molecule has 2 rings (SSSR count). The van der Waals surface area contributed by atoms with Gasteiger partial charge in [0.2, 0.25) is 12.4 Å². The van der Waals surface area contributed by atoms with Crippen molar-refractivity contribution in [2.75, 3.05) is 0 Å². The van der Waals surface area contributed by atoms with E-state index >= 15 is 0 Å². The lowest BCUT2D eigenvalue weighted by atomic mass is 9.88. The van der Waals surface area contributed by atoms with Crippen molar-refractivity contribution >= 4 is 5.90 Å². The van der Waals surface area contributed by atoms with Crippen LogP contribution in [0, 0.1) is 0 Å². The van der Waals surface area contributed by atoms with Crippen LogP contribution in [0.15, 0.2) is 60.0 Å². The molecule has 0 spiro atoms. The van der Waals surface area contributed by atoms with Crippen LogP contribution in [-0.4, -0.2) is 5.90 Å². The van der Waals surface area contributed by atoms with Gasteiger partial charge < -0.3 is 5.11 Å². The second-order valence-electron chi connectivity index (χ2n) is 5.49. The van der Waals surface area contributed by atoms with E-state index in [2.05, 4.69) is 25.9 Å². The largest absolute Gasteiger partial charge is 0.854 e. The summed E-state index contributed by atoms with van der Waals surface area (Å²) in [5.41, 5.74) is 1.91. The Kier molecular flexibility index (Phi) is 3.65. The van der Waals surface area contributed by atoms with E-state index in [1.165, 1.54) is 5.56 Å². The molecule has 0 atom stereocenters. The van der Waals surface area contributed by atoms with Crippen LogP contribution in [0.1, 0.15) is 31.9 Å². The summed E-state index contributed by atoms with van der Waals surface area (Å²) in [6.07, 6.45) is 3.61. The van der Waals surface area contributed by atoms with Crippen LogP contribution in [0.25, 0.3) is 0 Å². The molecule has 0 N–H and O–H groups in total. The highest BCUT2D eigenvalue weighted by molar-refractivity contribution is 5.89. The molecule has 3 nitrogen and oxygen atoms in total. The first-order valence-electron chi connectivity index (χ1n) is 6.30. The number of hydrogen-bond acceptors (Lipinski definition) is 2. The number of hydrogen-bond donors (Lipinski definition) is 0. The summed E-state index contributed by atoms with van der Waals surface area (Å²) in [4.78, 5) is 0. The summed E-state index contributed by atoms with van der Waals surface area (Å²) in [5, 5.41) is 15.9. The zero-order chi connectivity index (χ0) is 13.9. The maximum absolute atomic E-state index is 11.9. The molecule has 3 heteroatoms. The molecule has 0 aliphatic heterocycles. The van der Waals surface area contributed by atoms with Gasteiger partial charge in [0.15, 0.2) is 0 Å². The molecular weight excluding hydrogens is 236 g/mol. The van der Waals surface area contributed by atoms with E-state index in [4.69, 9.17) is 0 Å². The van der Waals surface area contributed by atoms with Crippen LogP contribution in [-0.2, 0) is 5.41 Å². The van der Waals surface area contributed by atoms with Crippen molar-refractivity contribution in [1.29, 1.82) is 0 Å². The molecule has 0 unspecified atom stereocenters. The molecule has 98 valence electrons. The first-order valence-corrected chi connectivity index (χ1v) is 6.30. The Bertz CT molecular complexity index is 566. The predicted molar refractivity (Wildman–Crippen MR) is 73.7 cm³/mol. The van der Waals surface area contributed by atoms with Crippen molar-refractivity contribution in [3.63, 3.8) is 0 Å². The van der Waals surface area contributed by atoms with Crippen molar-refractivity contribution < 1.29 is 9.78 Å². The summed E-state index contributed by atoms with van der Waals surface area (Å²) in [6, 6.07) is 13.0. The molecule has 2 aromatic rings. The van der Waals surface area contributed by atoms with Crippen LogP contribution in [0.4, 0.5) is 0 Å². The summed E-state index contributed by atoms with van der Waals surface area (Å²) in [6.45, 7) is 6.46. The Morgan fingerprint density at radius 1 is 1.00 bits per heavy atom. The van der Waals surface area contributed by atoms with Gasteiger partial charge in [0, 0.05) is 12.1 Å². The summed E-state index contributed by atoms with van der Waals surface area (Å²) >= 11 is 0. The van der Waals surface area contributed by atoms with E-state index in [9.17, 15) is 5.11 Å². The molecule has 1 aromatic heterocycles. The summed E-state index contributed by atoms with van der Waals surface area (Å²) in [5.74, 6) is -0.242. The van der Waals surface area contributed by atoms with Gasteiger partial charge in [0.05, 0.1) is 5.90 Å². The molecule has 0 saturated heterocycles. The zero-order valence-corrected chi connectivity index (χ0v) is 11.5. The molecule has 0 aliphatic carbocycles. The van der Waals surface area contributed by atoms with E-state index < -0.39 is 0 Å². The van der Waals surface area contributed by atoms with Gasteiger partial charge in [0.1, 0.15) is 0 Å². The topological polar surface area (TPSA) is 39.3 Å². The molecule has 0 amide bonds. The van der Waals surface area contributed by atoms with E-state index in [-0.39, 0.29) is 11.3 Å². The van der Waals surface area contributed by atoms with Crippen LogP contribution >= 0.6 is 0 Å².